The molecule has 0 saturated carbocycles. The van der Waals surface area contributed by atoms with Crippen molar-refractivity contribution in [3.05, 3.63) is 35.4 Å². The number of anilines is 1. The number of H-pyrrole nitrogens is 1. The number of hydrogen-bond acceptors (Lipinski definition) is 7. The number of rotatable bonds is 5. The van der Waals surface area contributed by atoms with Crippen molar-refractivity contribution in [1.29, 1.82) is 0 Å². The molecule has 2 saturated heterocycles. The number of nitrogens with one attached hydrogen (secondary N) is 2. The van der Waals surface area contributed by atoms with E-state index in [0.29, 0.717) is 12.1 Å². The number of hydrogen-bond donors (Lipinski definition) is 2. The highest BCUT2D eigenvalue weighted by molar-refractivity contribution is 5.27. The Morgan fingerprint density at radius 2 is 2.04 bits per heavy atom. The van der Waals surface area contributed by atoms with Gasteiger partial charge in [0.15, 0.2) is 0 Å². The first-order chi connectivity index (χ1) is 13.8. The molecule has 150 valence electrons. The average molecular weight is 384 g/mol. The lowest BCUT2D eigenvalue weighted by molar-refractivity contribution is -0.102. The van der Waals surface area contributed by atoms with Gasteiger partial charge in [-0.15, -0.1) is 0 Å². The summed E-state index contributed by atoms with van der Waals surface area (Å²) in [7, 11) is 0. The van der Waals surface area contributed by atoms with E-state index >= 15 is 0 Å². The second-order valence-electron chi connectivity index (χ2n) is 8.07. The molecule has 5 heterocycles. The van der Waals surface area contributed by atoms with Crippen molar-refractivity contribution >= 4 is 5.95 Å². The van der Waals surface area contributed by atoms with Crippen LogP contribution in [0.4, 0.5) is 5.95 Å². The Morgan fingerprint density at radius 1 is 1.18 bits per heavy atom. The van der Waals surface area contributed by atoms with Crippen LogP contribution < -0.4 is 5.32 Å². The maximum Gasteiger partial charge on any atom is 0.222 e. The highest BCUT2D eigenvalue weighted by atomic mass is 16.5. The van der Waals surface area contributed by atoms with E-state index < -0.39 is 0 Å². The summed E-state index contributed by atoms with van der Waals surface area (Å²) < 4.78 is 11.9. The molecule has 0 radical (unpaired) electrons. The van der Waals surface area contributed by atoms with Gasteiger partial charge in [0.05, 0.1) is 24.6 Å². The second kappa shape index (κ2) is 7.77. The van der Waals surface area contributed by atoms with Crippen LogP contribution in [0.15, 0.2) is 18.6 Å². The molecule has 0 bridgehead atoms. The molecule has 0 aromatic carbocycles. The predicted octanol–water partition coefficient (Wildman–Crippen LogP) is 1.85. The minimum absolute atomic E-state index is 0.173. The van der Waals surface area contributed by atoms with Crippen LogP contribution in [0.3, 0.4) is 0 Å². The Bertz CT molecular complexity index is 778. The topological polar surface area (TPSA) is 88.2 Å². The largest absolute Gasteiger partial charge is 0.376 e. The van der Waals surface area contributed by atoms with E-state index in [4.69, 9.17) is 9.47 Å². The van der Waals surface area contributed by atoms with Crippen LogP contribution in [-0.2, 0) is 28.0 Å². The van der Waals surface area contributed by atoms with Gasteiger partial charge in [-0.2, -0.15) is 5.10 Å². The predicted molar refractivity (Wildman–Crippen MR) is 104 cm³/mol. The van der Waals surface area contributed by atoms with Crippen molar-refractivity contribution in [2.75, 3.05) is 38.2 Å². The molecule has 1 unspecified atom stereocenters. The molecule has 5 rings (SSSR count). The van der Waals surface area contributed by atoms with Gasteiger partial charge in [0.1, 0.15) is 5.60 Å². The molecule has 0 amide bonds. The van der Waals surface area contributed by atoms with Crippen molar-refractivity contribution in [3.63, 3.8) is 0 Å². The fourth-order valence-corrected chi connectivity index (χ4v) is 4.59. The van der Waals surface area contributed by atoms with E-state index in [2.05, 4.69) is 30.4 Å². The summed E-state index contributed by atoms with van der Waals surface area (Å²) in [5.41, 5.74) is 3.49. The van der Waals surface area contributed by atoms with Gasteiger partial charge in [0.2, 0.25) is 5.95 Å². The quantitative estimate of drug-likeness (QED) is 0.813. The van der Waals surface area contributed by atoms with E-state index in [1.807, 2.05) is 18.6 Å². The standard InChI is InChI=1S/C20H28N6O2/c1-2-17(27-8-1)13-23-19-21-10-15(11-22-19)14-26-6-4-20(5-7-26)18-16(3-9-28-20)12-24-25-18/h10-12,17H,1-9,13-14H2,(H,24,25)(H,21,22,23). The summed E-state index contributed by atoms with van der Waals surface area (Å²) in [6.45, 7) is 5.31. The van der Waals surface area contributed by atoms with Gasteiger partial charge < -0.3 is 14.8 Å². The second-order valence-corrected chi connectivity index (χ2v) is 8.07. The number of fused-ring (bicyclic) bond motifs is 2. The molecular weight excluding hydrogens is 356 g/mol. The van der Waals surface area contributed by atoms with Crippen LogP contribution in [-0.4, -0.2) is 64.0 Å². The average Bonchev–Trinajstić information content (AvgIpc) is 3.42. The maximum absolute atomic E-state index is 6.23. The van der Waals surface area contributed by atoms with E-state index in [1.54, 1.807) is 0 Å². The zero-order chi connectivity index (χ0) is 18.8. The molecule has 1 spiro atoms. The summed E-state index contributed by atoms with van der Waals surface area (Å²) in [6.07, 6.45) is 11.3. The lowest BCUT2D eigenvalue weighted by Gasteiger charge is -2.43. The third-order valence-electron chi connectivity index (χ3n) is 6.21. The molecule has 28 heavy (non-hydrogen) atoms. The number of ether oxygens (including phenoxy) is 2. The Hall–Kier alpha value is -2.03. The van der Waals surface area contributed by atoms with E-state index in [9.17, 15) is 0 Å². The molecule has 2 aromatic rings. The first kappa shape index (κ1) is 18.0. The summed E-state index contributed by atoms with van der Waals surface area (Å²) in [6, 6.07) is 0. The number of likely N-dealkylation sites (tertiary alicyclic amines) is 1. The summed E-state index contributed by atoms with van der Waals surface area (Å²) >= 11 is 0. The first-order valence-corrected chi connectivity index (χ1v) is 10.4. The third-order valence-corrected chi connectivity index (χ3v) is 6.21. The molecular formula is C20H28N6O2. The summed E-state index contributed by atoms with van der Waals surface area (Å²) in [5.74, 6) is 0.680. The smallest absolute Gasteiger partial charge is 0.222 e. The van der Waals surface area contributed by atoms with Crippen LogP contribution in [0.5, 0.6) is 0 Å². The molecule has 3 aliphatic heterocycles. The molecule has 8 nitrogen and oxygen atoms in total. The van der Waals surface area contributed by atoms with Crippen LogP contribution in [0, 0.1) is 0 Å². The van der Waals surface area contributed by atoms with Crippen molar-refractivity contribution in [2.24, 2.45) is 0 Å². The van der Waals surface area contributed by atoms with Gasteiger partial charge in [-0.1, -0.05) is 0 Å². The summed E-state index contributed by atoms with van der Waals surface area (Å²) in [5, 5.41) is 10.7. The van der Waals surface area contributed by atoms with Gasteiger partial charge in [-0.25, -0.2) is 9.97 Å². The van der Waals surface area contributed by atoms with Gasteiger partial charge in [0.25, 0.3) is 0 Å². The molecule has 3 aliphatic rings. The van der Waals surface area contributed by atoms with E-state index in [0.717, 1.165) is 77.1 Å². The molecule has 8 heteroatoms. The molecule has 2 fully saturated rings. The van der Waals surface area contributed by atoms with Crippen molar-refractivity contribution in [1.82, 2.24) is 25.1 Å². The van der Waals surface area contributed by atoms with Crippen LogP contribution >= 0.6 is 0 Å². The Kier molecular flexibility index (Phi) is 5.00. The SMILES string of the molecule is c1nc(NCC2CCCO2)ncc1CN1CCC2(CC1)OCCc1cn[nH]c12. The maximum atomic E-state index is 6.23. The highest BCUT2D eigenvalue weighted by Crippen LogP contribution is 2.40. The number of piperidine rings is 1. The fraction of sp³-hybridized carbons (Fsp3) is 0.650. The van der Waals surface area contributed by atoms with Gasteiger partial charge in [0, 0.05) is 50.7 Å². The molecule has 1 atom stereocenters. The van der Waals surface area contributed by atoms with Crippen molar-refractivity contribution in [2.45, 2.75) is 50.4 Å². The monoisotopic (exact) mass is 384 g/mol. The van der Waals surface area contributed by atoms with Crippen LogP contribution in [0.25, 0.3) is 0 Å². The zero-order valence-electron chi connectivity index (χ0n) is 16.2. The number of aromatic amines is 1. The number of nitrogens with zero attached hydrogens (tertiary/aromatic N) is 4. The molecule has 0 aliphatic carbocycles. The Morgan fingerprint density at radius 3 is 2.82 bits per heavy atom. The Balaban J connectivity index is 1.14. The molecule has 2 aromatic heterocycles. The minimum atomic E-state index is -0.173. The first-order valence-electron chi connectivity index (χ1n) is 10.4. The van der Waals surface area contributed by atoms with E-state index in [1.165, 1.54) is 11.3 Å². The van der Waals surface area contributed by atoms with Crippen LogP contribution in [0.2, 0.25) is 0 Å². The Labute approximate surface area is 165 Å². The zero-order valence-corrected chi connectivity index (χ0v) is 16.2. The van der Waals surface area contributed by atoms with Gasteiger partial charge in [-0.05, 0) is 37.7 Å². The summed E-state index contributed by atoms with van der Waals surface area (Å²) in [4.78, 5) is 11.4. The van der Waals surface area contributed by atoms with Crippen molar-refractivity contribution < 1.29 is 9.47 Å². The normalized spacial score (nSPS) is 24.4. The van der Waals surface area contributed by atoms with Gasteiger partial charge >= 0.3 is 0 Å². The van der Waals surface area contributed by atoms with Crippen LogP contribution in [0.1, 0.15) is 42.5 Å². The lowest BCUT2D eigenvalue weighted by atomic mass is 9.83. The third kappa shape index (κ3) is 3.64. The lowest BCUT2D eigenvalue weighted by Crippen LogP contribution is -2.46. The highest BCUT2D eigenvalue weighted by Gasteiger charge is 2.42. The van der Waals surface area contributed by atoms with Gasteiger partial charge in [-0.3, -0.25) is 10.00 Å². The number of aromatic nitrogens is 4. The minimum Gasteiger partial charge on any atom is -0.376 e. The fourth-order valence-electron chi connectivity index (χ4n) is 4.59. The van der Waals surface area contributed by atoms with Crippen molar-refractivity contribution in [3.8, 4) is 0 Å². The van der Waals surface area contributed by atoms with E-state index in [-0.39, 0.29) is 5.60 Å². The molecule has 2 N–H and O–H groups in total.